The molecule has 3 N–H and O–H groups in total. The summed E-state index contributed by atoms with van der Waals surface area (Å²) in [7, 11) is 0. The van der Waals surface area contributed by atoms with Gasteiger partial charge in [0, 0.05) is 23.0 Å². The molecule has 0 atom stereocenters. The molecular formula is C19H17BrN2O5S. The second kappa shape index (κ2) is 8.57. The lowest BCUT2D eigenvalue weighted by Gasteiger charge is -2.04. The van der Waals surface area contributed by atoms with Crippen LogP contribution >= 0.6 is 27.3 Å². The number of carboxylic acid groups (broad SMARTS) is 1. The first-order valence-corrected chi connectivity index (χ1v) is 10.1. The molecule has 2 aromatic heterocycles. The van der Waals surface area contributed by atoms with Crippen molar-refractivity contribution in [1.82, 2.24) is 4.57 Å². The smallest absolute Gasteiger partial charge is 0.310 e. The topological polar surface area (TPSA) is 117 Å². The number of thiazole rings is 1. The Bertz CT molecular complexity index is 1060. The fourth-order valence-electron chi connectivity index (χ4n) is 2.66. The standard InChI is InChI=1S/C19H17BrN2O5S/c20-12-6-4-11(5-7-12)13-8-9-14(27-13)16(21)17-18(25)22(19(26)28-17)10-2-1-3-15(23)24/h4-9,21,25H,1-3,10H2,(H,23,24). The summed E-state index contributed by atoms with van der Waals surface area (Å²) in [6.07, 6.45) is 0.851. The Labute approximate surface area is 172 Å². The second-order valence-electron chi connectivity index (χ2n) is 6.07. The Balaban J connectivity index is 1.78. The first-order chi connectivity index (χ1) is 13.4. The van der Waals surface area contributed by atoms with Crippen LogP contribution in [0.1, 0.15) is 29.9 Å². The molecular weight excluding hydrogens is 448 g/mol. The van der Waals surface area contributed by atoms with Crippen LogP contribution in [0.5, 0.6) is 5.88 Å². The van der Waals surface area contributed by atoms with Gasteiger partial charge in [0.05, 0.1) is 0 Å². The summed E-state index contributed by atoms with van der Waals surface area (Å²) in [5.41, 5.74) is 0.767. The van der Waals surface area contributed by atoms with Gasteiger partial charge in [-0.3, -0.25) is 19.6 Å². The van der Waals surface area contributed by atoms with Crippen LogP contribution in [0.3, 0.4) is 0 Å². The summed E-state index contributed by atoms with van der Waals surface area (Å²) >= 11 is 4.14. The van der Waals surface area contributed by atoms with Crippen LogP contribution in [-0.4, -0.2) is 26.5 Å². The maximum atomic E-state index is 12.2. The molecule has 1 aromatic carbocycles. The Morgan fingerprint density at radius 1 is 1.18 bits per heavy atom. The predicted molar refractivity (Wildman–Crippen MR) is 110 cm³/mol. The molecule has 0 aliphatic carbocycles. The van der Waals surface area contributed by atoms with Gasteiger partial charge in [0.15, 0.2) is 5.76 Å². The highest BCUT2D eigenvalue weighted by Gasteiger charge is 2.21. The van der Waals surface area contributed by atoms with E-state index in [-0.39, 0.29) is 35.2 Å². The summed E-state index contributed by atoms with van der Waals surface area (Å²) in [5.74, 6) is -0.375. The maximum absolute atomic E-state index is 12.2. The molecule has 3 aromatic rings. The van der Waals surface area contributed by atoms with Crippen LogP contribution < -0.4 is 4.87 Å². The van der Waals surface area contributed by atoms with Gasteiger partial charge in [-0.2, -0.15) is 0 Å². The Morgan fingerprint density at radius 3 is 2.57 bits per heavy atom. The van der Waals surface area contributed by atoms with E-state index in [4.69, 9.17) is 14.9 Å². The molecule has 0 fully saturated rings. The summed E-state index contributed by atoms with van der Waals surface area (Å²) in [5, 5.41) is 27.4. The molecule has 7 nitrogen and oxygen atoms in total. The van der Waals surface area contributed by atoms with E-state index in [9.17, 15) is 14.7 Å². The fraction of sp³-hybridized carbons (Fsp3) is 0.211. The van der Waals surface area contributed by atoms with Crippen molar-refractivity contribution in [2.24, 2.45) is 0 Å². The summed E-state index contributed by atoms with van der Waals surface area (Å²) < 4.78 is 7.84. The van der Waals surface area contributed by atoms with Gasteiger partial charge >= 0.3 is 10.8 Å². The number of aromatic hydroxyl groups is 1. The Morgan fingerprint density at radius 2 is 1.89 bits per heavy atom. The molecule has 0 saturated carbocycles. The van der Waals surface area contributed by atoms with Crippen molar-refractivity contribution in [3.05, 3.63) is 61.2 Å². The van der Waals surface area contributed by atoms with Gasteiger partial charge in [-0.1, -0.05) is 39.4 Å². The quantitative estimate of drug-likeness (QED) is 0.339. The normalized spacial score (nSPS) is 10.9. The lowest BCUT2D eigenvalue weighted by molar-refractivity contribution is -0.137. The first-order valence-electron chi connectivity index (χ1n) is 8.46. The number of hydrogen-bond donors (Lipinski definition) is 3. The fourth-order valence-corrected chi connectivity index (χ4v) is 3.79. The van der Waals surface area contributed by atoms with Crippen LogP contribution in [0.4, 0.5) is 0 Å². The average molecular weight is 465 g/mol. The van der Waals surface area contributed by atoms with Gasteiger partial charge in [0.2, 0.25) is 5.88 Å². The van der Waals surface area contributed by atoms with E-state index in [1.54, 1.807) is 12.1 Å². The highest BCUT2D eigenvalue weighted by atomic mass is 79.9. The number of aliphatic carboxylic acids is 1. The van der Waals surface area contributed by atoms with E-state index in [0.29, 0.717) is 18.6 Å². The Hall–Kier alpha value is -2.65. The Kier molecular flexibility index (Phi) is 6.15. The molecule has 0 aliphatic heterocycles. The number of furan rings is 1. The van der Waals surface area contributed by atoms with E-state index >= 15 is 0 Å². The minimum absolute atomic E-state index is 0.00750. The molecule has 0 spiro atoms. The zero-order valence-corrected chi connectivity index (χ0v) is 17.0. The van der Waals surface area contributed by atoms with Crippen molar-refractivity contribution in [3.63, 3.8) is 0 Å². The van der Waals surface area contributed by atoms with Crippen LogP contribution in [0.25, 0.3) is 11.3 Å². The van der Waals surface area contributed by atoms with Gasteiger partial charge in [0.1, 0.15) is 16.3 Å². The molecule has 0 saturated heterocycles. The number of aromatic nitrogens is 1. The predicted octanol–water partition coefficient (Wildman–Crippen LogP) is 4.31. The molecule has 0 amide bonds. The number of carboxylic acids is 1. The maximum Gasteiger partial charge on any atom is 0.310 e. The third-order valence-electron chi connectivity index (χ3n) is 4.10. The van der Waals surface area contributed by atoms with Crippen molar-refractivity contribution in [2.75, 3.05) is 0 Å². The number of rotatable bonds is 8. The highest BCUT2D eigenvalue weighted by molar-refractivity contribution is 9.10. The zero-order valence-electron chi connectivity index (χ0n) is 14.6. The van der Waals surface area contributed by atoms with E-state index < -0.39 is 10.8 Å². The first kappa shape index (κ1) is 20.1. The van der Waals surface area contributed by atoms with Crippen molar-refractivity contribution in [2.45, 2.75) is 25.8 Å². The molecule has 3 rings (SSSR count). The van der Waals surface area contributed by atoms with Crippen LogP contribution in [0.2, 0.25) is 0 Å². The van der Waals surface area contributed by atoms with E-state index in [2.05, 4.69) is 15.9 Å². The third-order valence-corrected chi connectivity index (χ3v) is 5.61. The molecule has 146 valence electrons. The third kappa shape index (κ3) is 4.42. The van der Waals surface area contributed by atoms with E-state index in [1.165, 1.54) is 0 Å². The lowest BCUT2D eigenvalue weighted by atomic mass is 10.2. The molecule has 2 heterocycles. The van der Waals surface area contributed by atoms with Crippen LogP contribution in [0, 0.1) is 5.41 Å². The number of benzene rings is 1. The monoisotopic (exact) mass is 464 g/mol. The molecule has 0 radical (unpaired) electrons. The number of nitrogens with zero attached hydrogens (tertiary/aromatic N) is 1. The summed E-state index contributed by atoms with van der Waals surface area (Å²) in [4.78, 5) is 22.4. The number of halogens is 1. The molecule has 28 heavy (non-hydrogen) atoms. The van der Waals surface area contributed by atoms with Crippen molar-refractivity contribution in [1.29, 1.82) is 5.41 Å². The molecule has 0 bridgehead atoms. The molecule has 9 heteroatoms. The van der Waals surface area contributed by atoms with Crippen LogP contribution in [-0.2, 0) is 11.3 Å². The van der Waals surface area contributed by atoms with Crippen molar-refractivity contribution >= 4 is 38.9 Å². The number of carbonyl (C=O) groups is 1. The van der Waals surface area contributed by atoms with Crippen LogP contribution in [0.15, 0.2) is 50.1 Å². The average Bonchev–Trinajstić information content (AvgIpc) is 3.25. The van der Waals surface area contributed by atoms with Gasteiger partial charge in [-0.25, -0.2) is 0 Å². The number of nitrogens with one attached hydrogen (secondary N) is 1. The minimum atomic E-state index is -0.899. The molecule has 0 aliphatic rings. The van der Waals surface area contributed by atoms with Gasteiger partial charge in [-0.15, -0.1) is 0 Å². The van der Waals surface area contributed by atoms with E-state index in [1.807, 2.05) is 24.3 Å². The zero-order chi connectivity index (χ0) is 20.3. The number of unbranched alkanes of at least 4 members (excludes halogenated alkanes) is 1. The second-order valence-corrected chi connectivity index (χ2v) is 7.95. The summed E-state index contributed by atoms with van der Waals surface area (Å²) in [6.45, 7) is 0.198. The van der Waals surface area contributed by atoms with Gasteiger partial charge < -0.3 is 14.6 Å². The minimum Gasteiger partial charge on any atom is -0.493 e. The van der Waals surface area contributed by atoms with Crippen molar-refractivity contribution in [3.8, 4) is 17.2 Å². The van der Waals surface area contributed by atoms with E-state index in [0.717, 1.165) is 25.9 Å². The SMILES string of the molecule is N=C(c1ccc(-c2ccc(Br)cc2)o1)c1sc(=O)n(CCCCC(=O)O)c1O. The highest BCUT2D eigenvalue weighted by Crippen LogP contribution is 2.28. The van der Waals surface area contributed by atoms with Gasteiger partial charge in [0.25, 0.3) is 0 Å². The number of hydrogen-bond acceptors (Lipinski definition) is 6. The lowest BCUT2D eigenvalue weighted by Crippen LogP contribution is -2.12. The summed E-state index contributed by atoms with van der Waals surface area (Å²) in [6, 6.07) is 10.9. The molecule has 0 unspecified atom stereocenters. The van der Waals surface area contributed by atoms with Crippen molar-refractivity contribution < 1.29 is 19.4 Å². The largest absolute Gasteiger partial charge is 0.493 e. The van der Waals surface area contributed by atoms with Gasteiger partial charge in [-0.05, 0) is 37.1 Å².